The zero-order valence-electron chi connectivity index (χ0n) is 22.0. The summed E-state index contributed by atoms with van der Waals surface area (Å²) in [5, 5.41) is 13.7. The van der Waals surface area contributed by atoms with Crippen LogP contribution in [0.1, 0.15) is 43.7 Å². The molecule has 0 saturated heterocycles. The summed E-state index contributed by atoms with van der Waals surface area (Å²) in [6.45, 7) is 2.74. The first-order valence-electron chi connectivity index (χ1n) is 13.4. The number of ether oxygens (including phenoxy) is 1. The summed E-state index contributed by atoms with van der Waals surface area (Å²) in [5.74, 6) is 0.302. The number of hydrogen-bond donors (Lipinski definition) is 2. The van der Waals surface area contributed by atoms with Crippen molar-refractivity contribution in [3.63, 3.8) is 0 Å². The van der Waals surface area contributed by atoms with E-state index in [2.05, 4.69) is 57.8 Å². The Morgan fingerprint density at radius 1 is 1.08 bits per heavy atom. The molecule has 0 amide bonds. The van der Waals surface area contributed by atoms with E-state index in [1.165, 1.54) is 17.3 Å². The summed E-state index contributed by atoms with van der Waals surface area (Å²) in [6, 6.07) is 20.3. The van der Waals surface area contributed by atoms with E-state index in [9.17, 15) is 14.8 Å². The fraction of sp³-hybridized carbons (Fsp3) is 0.290. The minimum atomic E-state index is -0.783. The Hall–Kier alpha value is -4.46. The molecule has 1 aliphatic carbocycles. The molecule has 2 aromatic carbocycles. The number of carbonyl (C=O) groups excluding carboxylic acids is 1. The first-order chi connectivity index (χ1) is 19.0. The zero-order valence-corrected chi connectivity index (χ0v) is 22.0. The number of pyridine rings is 1. The van der Waals surface area contributed by atoms with Crippen LogP contribution in [0.3, 0.4) is 0 Å². The van der Waals surface area contributed by atoms with Crippen LogP contribution >= 0.6 is 0 Å². The third kappa shape index (κ3) is 6.17. The van der Waals surface area contributed by atoms with Crippen LogP contribution in [0.15, 0.2) is 83.3 Å². The van der Waals surface area contributed by atoms with Gasteiger partial charge in [0.05, 0.1) is 17.9 Å². The molecule has 0 aliphatic heterocycles. The Labute approximate surface area is 227 Å². The second-order valence-electron chi connectivity index (χ2n) is 9.79. The number of allylic oxidation sites excluding steroid dienone is 2. The maximum Gasteiger partial charge on any atom is 0.384 e. The molecule has 4 aromatic rings. The summed E-state index contributed by atoms with van der Waals surface area (Å²) >= 11 is 0. The minimum absolute atomic E-state index is 0.00797. The third-order valence-electron chi connectivity index (χ3n) is 7.09. The normalized spacial score (nSPS) is 15.4. The molecule has 1 atom stereocenters. The lowest BCUT2D eigenvalue weighted by molar-refractivity contribution is -0.148. The largest absolute Gasteiger partial charge is 0.466 e. The van der Waals surface area contributed by atoms with E-state index in [0.717, 1.165) is 48.8 Å². The number of rotatable bonds is 8. The van der Waals surface area contributed by atoms with Gasteiger partial charge in [0.2, 0.25) is 0 Å². The SMILES string of the molecule is CCOC(=O)C1CCC=C(Cc2cccc(-c3cccc(CNc4nc(=O)n(O)c5ncccc45)c3)c2)CC1. The monoisotopic (exact) mass is 524 g/mol. The highest BCUT2D eigenvalue weighted by Crippen LogP contribution is 2.28. The van der Waals surface area contributed by atoms with Gasteiger partial charge in [-0.3, -0.25) is 4.79 Å². The highest BCUT2D eigenvalue weighted by atomic mass is 16.5. The van der Waals surface area contributed by atoms with Crippen molar-refractivity contribution in [2.75, 3.05) is 11.9 Å². The first-order valence-corrected chi connectivity index (χ1v) is 13.4. The van der Waals surface area contributed by atoms with Crippen LogP contribution in [0.4, 0.5) is 5.82 Å². The number of carbonyl (C=O) groups is 1. The summed E-state index contributed by atoms with van der Waals surface area (Å²) < 4.78 is 5.69. The third-order valence-corrected chi connectivity index (χ3v) is 7.09. The van der Waals surface area contributed by atoms with Gasteiger partial charge in [0.15, 0.2) is 5.65 Å². The van der Waals surface area contributed by atoms with Crippen molar-refractivity contribution in [3.05, 3.63) is 100 Å². The van der Waals surface area contributed by atoms with Gasteiger partial charge in [-0.15, -0.1) is 4.73 Å². The van der Waals surface area contributed by atoms with Crippen molar-refractivity contribution < 1.29 is 14.7 Å². The standard InChI is InChI=1S/C31H32N4O4/c1-2-39-30(36)24-10-3-7-21(14-15-24)17-22-8-4-11-25(18-22)26-12-5-9-23(19-26)20-33-28-27-13-6-16-32-29(27)35(38)31(37)34-28/h4-9,11-13,16,18-19,24,38H,2-3,10,14-15,17,20H2,1H3,(H,33,34,37). The highest BCUT2D eigenvalue weighted by Gasteiger charge is 2.21. The predicted octanol–water partition coefficient (Wildman–Crippen LogP) is 5.53. The molecule has 0 radical (unpaired) electrons. The molecular weight excluding hydrogens is 492 g/mol. The van der Waals surface area contributed by atoms with Gasteiger partial charge in [-0.05, 0) is 79.5 Å². The van der Waals surface area contributed by atoms with Crippen molar-refractivity contribution in [1.29, 1.82) is 0 Å². The average Bonchev–Trinajstić information content (AvgIpc) is 3.20. The Morgan fingerprint density at radius 2 is 1.85 bits per heavy atom. The quantitative estimate of drug-likeness (QED) is 0.177. The van der Waals surface area contributed by atoms with Crippen LogP contribution in [0.25, 0.3) is 22.2 Å². The fourth-order valence-electron chi connectivity index (χ4n) is 5.10. The lowest BCUT2D eigenvalue weighted by Gasteiger charge is -2.13. The van der Waals surface area contributed by atoms with Crippen LogP contribution in [-0.2, 0) is 22.5 Å². The van der Waals surface area contributed by atoms with Crippen LogP contribution in [0.2, 0.25) is 0 Å². The van der Waals surface area contributed by atoms with Gasteiger partial charge in [-0.1, -0.05) is 54.1 Å². The van der Waals surface area contributed by atoms with Crippen molar-refractivity contribution in [2.24, 2.45) is 5.92 Å². The number of nitrogens with one attached hydrogen (secondary N) is 1. The maximum absolute atomic E-state index is 12.2. The highest BCUT2D eigenvalue weighted by molar-refractivity contribution is 5.86. The van der Waals surface area contributed by atoms with Crippen LogP contribution in [0.5, 0.6) is 0 Å². The van der Waals surface area contributed by atoms with Gasteiger partial charge >= 0.3 is 11.7 Å². The molecule has 1 aliphatic rings. The first kappa shape index (κ1) is 26.2. The molecule has 39 heavy (non-hydrogen) atoms. The topological polar surface area (TPSA) is 106 Å². The fourth-order valence-corrected chi connectivity index (χ4v) is 5.10. The van der Waals surface area contributed by atoms with Crippen molar-refractivity contribution in [2.45, 2.75) is 45.6 Å². The number of anilines is 1. The van der Waals surface area contributed by atoms with Gasteiger partial charge in [0.25, 0.3) is 0 Å². The molecule has 2 heterocycles. The summed E-state index contributed by atoms with van der Waals surface area (Å²) in [7, 11) is 0. The summed E-state index contributed by atoms with van der Waals surface area (Å²) in [4.78, 5) is 32.3. The van der Waals surface area contributed by atoms with Crippen LogP contribution < -0.4 is 11.0 Å². The molecule has 2 N–H and O–H groups in total. The van der Waals surface area contributed by atoms with Crippen molar-refractivity contribution in [3.8, 4) is 11.1 Å². The zero-order chi connectivity index (χ0) is 27.2. The lowest BCUT2D eigenvalue weighted by Crippen LogP contribution is -2.23. The molecule has 200 valence electrons. The number of esters is 1. The Kier molecular flexibility index (Phi) is 8.01. The van der Waals surface area contributed by atoms with Gasteiger partial charge in [0, 0.05) is 12.7 Å². The van der Waals surface area contributed by atoms with E-state index < -0.39 is 5.69 Å². The molecule has 1 unspecified atom stereocenters. The summed E-state index contributed by atoms with van der Waals surface area (Å²) in [5.41, 5.74) is 5.24. The minimum Gasteiger partial charge on any atom is -0.466 e. The number of hydrogen-bond acceptors (Lipinski definition) is 7. The number of benzene rings is 2. The molecule has 2 aromatic heterocycles. The van der Waals surface area contributed by atoms with E-state index in [1.807, 2.05) is 19.1 Å². The second-order valence-corrected chi connectivity index (χ2v) is 9.79. The molecule has 0 bridgehead atoms. The Bertz CT molecular complexity index is 1580. The number of fused-ring (bicyclic) bond motifs is 1. The van der Waals surface area contributed by atoms with E-state index >= 15 is 0 Å². The average molecular weight is 525 g/mol. The van der Waals surface area contributed by atoms with Gasteiger partial charge < -0.3 is 15.3 Å². The summed E-state index contributed by atoms with van der Waals surface area (Å²) in [6.07, 6.45) is 8.18. The number of nitrogens with zero attached hydrogens (tertiary/aromatic N) is 3. The molecule has 0 spiro atoms. The molecule has 0 saturated carbocycles. The second kappa shape index (κ2) is 11.9. The molecule has 5 rings (SSSR count). The predicted molar refractivity (Wildman–Crippen MR) is 151 cm³/mol. The smallest absolute Gasteiger partial charge is 0.384 e. The molecule has 8 nitrogen and oxygen atoms in total. The maximum atomic E-state index is 12.2. The lowest BCUT2D eigenvalue weighted by atomic mass is 9.95. The molecule has 8 heteroatoms. The molecule has 0 fully saturated rings. The van der Waals surface area contributed by atoms with E-state index in [-0.39, 0.29) is 17.5 Å². The van der Waals surface area contributed by atoms with Gasteiger partial charge in [0.1, 0.15) is 5.82 Å². The number of aromatic nitrogens is 3. The van der Waals surface area contributed by atoms with E-state index in [0.29, 0.717) is 29.1 Å². The van der Waals surface area contributed by atoms with E-state index in [4.69, 9.17) is 4.74 Å². The van der Waals surface area contributed by atoms with Gasteiger partial charge in [-0.25, -0.2) is 9.78 Å². The van der Waals surface area contributed by atoms with Gasteiger partial charge in [-0.2, -0.15) is 4.98 Å². The van der Waals surface area contributed by atoms with Crippen molar-refractivity contribution >= 4 is 22.8 Å². The van der Waals surface area contributed by atoms with Crippen LogP contribution in [0, 0.1) is 5.92 Å². The van der Waals surface area contributed by atoms with Crippen molar-refractivity contribution in [1.82, 2.24) is 14.7 Å². The molecular formula is C31H32N4O4. The Balaban J connectivity index is 1.28. The van der Waals surface area contributed by atoms with Crippen LogP contribution in [-0.4, -0.2) is 32.5 Å². The van der Waals surface area contributed by atoms with E-state index in [1.54, 1.807) is 12.1 Å². The Morgan fingerprint density at radius 3 is 2.64 bits per heavy atom.